The average molecular weight is 419 g/mol. The Labute approximate surface area is 162 Å². The van der Waals surface area contributed by atoms with E-state index in [1.54, 1.807) is 54.6 Å². The van der Waals surface area contributed by atoms with Crippen LogP contribution in [0.1, 0.15) is 17.3 Å². The molecule has 1 N–H and O–H groups in total. The monoisotopic (exact) mass is 419 g/mol. The molecule has 0 radical (unpaired) electrons. The highest BCUT2D eigenvalue weighted by molar-refractivity contribution is 7.93. The van der Waals surface area contributed by atoms with Crippen LogP contribution in [0.5, 0.6) is 0 Å². The number of rotatable bonds is 8. The fourth-order valence-electron chi connectivity index (χ4n) is 2.26. The first-order valence-corrected chi connectivity index (χ1v) is 11.5. The highest BCUT2D eigenvalue weighted by atomic mass is 32.2. The molecule has 3 rings (SSSR count). The van der Waals surface area contributed by atoms with Gasteiger partial charge in [0.2, 0.25) is 21.8 Å². The molecule has 0 unspecified atom stereocenters. The number of sulfone groups is 1. The van der Waals surface area contributed by atoms with E-state index in [0.29, 0.717) is 5.69 Å². The molecule has 0 aliphatic carbocycles. The number of nitrogens with one attached hydrogen (secondary N) is 1. The molecule has 0 atom stereocenters. The molecule has 1 heterocycles. The zero-order valence-electron chi connectivity index (χ0n) is 14.6. The molecule has 0 saturated heterocycles. The zero-order valence-corrected chi connectivity index (χ0v) is 16.2. The summed E-state index contributed by atoms with van der Waals surface area (Å²) < 4.78 is 56.2. The largest absolute Gasteiger partial charge is 0.423 e. The van der Waals surface area contributed by atoms with Crippen molar-refractivity contribution >= 4 is 31.6 Å². The van der Waals surface area contributed by atoms with Crippen molar-refractivity contribution in [1.82, 2.24) is 10.2 Å². The van der Waals surface area contributed by atoms with Gasteiger partial charge in [0.1, 0.15) is 11.5 Å². The Morgan fingerprint density at radius 1 is 0.821 bits per heavy atom. The van der Waals surface area contributed by atoms with Crippen molar-refractivity contribution in [3.63, 3.8) is 0 Å². The standard InChI is InChI=1S/C18H17N3O5S2/c22-27(23,12-11-15-7-3-1-4-8-15)13-17-19-20-18(26-17)14-28(24,25)21-16-9-5-2-6-10-16/h1-12,21H,13-14H2/b12-11+. The summed E-state index contributed by atoms with van der Waals surface area (Å²) in [5.74, 6) is -1.45. The number of para-hydroxylation sites is 1. The maximum Gasteiger partial charge on any atom is 0.241 e. The predicted molar refractivity (Wildman–Crippen MR) is 105 cm³/mol. The summed E-state index contributed by atoms with van der Waals surface area (Å²) in [5, 5.41) is 8.30. The van der Waals surface area contributed by atoms with E-state index >= 15 is 0 Å². The minimum absolute atomic E-state index is 0.178. The Balaban J connectivity index is 1.64. The van der Waals surface area contributed by atoms with Crippen LogP contribution in [-0.2, 0) is 31.4 Å². The molecule has 10 heteroatoms. The van der Waals surface area contributed by atoms with Crippen molar-refractivity contribution in [2.24, 2.45) is 0 Å². The van der Waals surface area contributed by atoms with E-state index in [1.165, 1.54) is 6.08 Å². The quantitative estimate of drug-likeness (QED) is 0.596. The van der Waals surface area contributed by atoms with Gasteiger partial charge in [0.05, 0.1) is 0 Å². The van der Waals surface area contributed by atoms with Crippen LogP contribution in [-0.4, -0.2) is 27.0 Å². The number of aromatic nitrogens is 2. The van der Waals surface area contributed by atoms with Crippen LogP contribution in [0.3, 0.4) is 0 Å². The highest BCUT2D eigenvalue weighted by Crippen LogP contribution is 2.14. The minimum Gasteiger partial charge on any atom is -0.423 e. The minimum atomic E-state index is -3.77. The molecule has 28 heavy (non-hydrogen) atoms. The summed E-state index contributed by atoms with van der Waals surface area (Å²) in [6.45, 7) is 0. The van der Waals surface area contributed by atoms with Crippen LogP contribution in [0.2, 0.25) is 0 Å². The normalized spacial score (nSPS) is 12.3. The van der Waals surface area contributed by atoms with E-state index in [1.807, 2.05) is 6.07 Å². The second-order valence-electron chi connectivity index (χ2n) is 5.84. The molecule has 1 aromatic heterocycles. The molecule has 0 aliphatic rings. The van der Waals surface area contributed by atoms with Crippen molar-refractivity contribution in [2.75, 3.05) is 4.72 Å². The molecule has 2 aromatic carbocycles. The topological polar surface area (TPSA) is 119 Å². The molecule has 8 nitrogen and oxygen atoms in total. The number of anilines is 1. The van der Waals surface area contributed by atoms with Gasteiger partial charge >= 0.3 is 0 Å². The molecule has 0 spiro atoms. The third-order valence-corrected chi connectivity index (χ3v) is 5.84. The Morgan fingerprint density at radius 3 is 2.04 bits per heavy atom. The smallest absolute Gasteiger partial charge is 0.241 e. The Hall–Kier alpha value is -2.98. The summed E-state index contributed by atoms with van der Waals surface area (Å²) in [5.41, 5.74) is 1.13. The van der Waals surface area contributed by atoms with Gasteiger partial charge in [-0.3, -0.25) is 4.72 Å². The van der Waals surface area contributed by atoms with Crippen LogP contribution in [0, 0.1) is 0 Å². The molecule has 0 fully saturated rings. The SMILES string of the molecule is O=S(=O)(/C=C/c1ccccc1)Cc1nnc(CS(=O)(=O)Nc2ccccc2)o1. The number of nitrogens with zero attached hydrogens (tertiary/aromatic N) is 2. The second-order valence-corrected chi connectivity index (χ2v) is 9.45. The van der Waals surface area contributed by atoms with Gasteiger partial charge < -0.3 is 4.42 Å². The molecular formula is C18H17N3O5S2. The van der Waals surface area contributed by atoms with E-state index in [4.69, 9.17) is 4.42 Å². The highest BCUT2D eigenvalue weighted by Gasteiger charge is 2.19. The van der Waals surface area contributed by atoms with Gasteiger partial charge in [-0.2, -0.15) is 0 Å². The van der Waals surface area contributed by atoms with Crippen molar-refractivity contribution in [3.05, 3.63) is 83.4 Å². The summed E-state index contributed by atoms with van der Waals surface area (Å²) in [7, 11) is -7.43. The van der Waals surface area contributed by atoms with E-state index < -0.39 is 31.4 Å². The molecule has 0 bridgehead atoms. The van der Waals surface area contributed by atoms with Crippen molar-refractivity contribution in [2.45, 2.75) is 11.5 Å². The summed E-state index contributed by atoms with van der Waals surface area (Å²) >= 11 is 0. The van der Waals surface area contributed by atoms with Crippen molar-refractivity contribution < 1.29 is 21.3 Å². The Morgan fingerprint density at radius 2 is 1.39 bits per heavy atom. The van der Waals surface area contributed by atoms with Gasteiger partial charge in [-0.1, -0.05) is 48.5 Å². The number of hydrogen-bond donors (Lipinski definition) is 1. The average Bonchev–Trinajstić information content (AvgIpc) is 3.06. The molecule has 0 aliphatic heterocycles. The summed E-state index contributed by atoms with van der Waals surface area (Å²) in [6.07, 6.45) is 1.46. The first-order valence-electron chi connectivity index (χ1n) is 8.14. The van der Waals surface area contributed by atoms with E-state index in [0.717, 1.165) is 11.0 Å². The van der Waals surface area contributed by atoms with Crippen LogP contribution in [0.15, 0.2) is 70.5 Å². The van der Waals surface area contributed by atoms with Crippen LogP contribution < -0.4 is 4.72 Å². The number of benzene rings is 2. The molecule has 3 aromatic rings. The second kappa shape index (κ2) is 8.36. The first-order chi connectivity index (χ1) is 13.3. The molecule has 0 amide bonds. The Kier molecular flexibility index (Phi) is 5.90. The van der Waals surface area contributed by atoms with Gasteiger partial charge in [-0.15, -0.1) is 10.2 Å². The Bertz CT molecular complexity index is 1160. The predicted octanol–water partition coefficient (Wildman–Crippen LogP) is 2.60. The lowest BCUT2D eigenvalue weighted by Crippen LogP contribution is -2.15. The zero-order chi connectivity index (χ0) is 20.0. The van der Waals surface area contributed by atoms with E-state index in [9.17, 15) is 16.8 Å². The third kappa shape index (κ3) is 6.03. The molecular weight excluding hydrogens is 402 g/mol. The van der Waals surface area contributed by atoms with Gasteiger partial charge in [0.15, 0.2) is 9.84 Å². The lowest BCUT2D eigenvalue weighted by atomic mass is 10.2. The molecule has 0 saturated carbocycles. The summed E-state index contributed by atoms with van der Waals surface area (Å²) in [6, 6.07) is 17.3. The van der Waals surface area contributed by atoms with E-state index in [-0.39, 0.29) is 11.8 Å². The maximum atomic E-state index is 12.2. The van der Waals surface area contributed by atoms with E-state index in [2.05, 4.69) is 14.9 Å². The van der Waals surface area contributed by atoms with Gasteiger partial charge in [-0.25, -0.2) is 16.8 Å². The van der Waals surface area contributed by atoms with Gasteiger partial charge in [0.25, 0.3) is 0 Å². The van der Waals surface area contributed by atoms with Gasteiger partial charge in [-0.05, 0) is 23.8 Å². The first kappa shape index (κ1) is 19.8. The van der Waals surface area contributed by atoms with Gasteiger partial charge in [0, 0.05) is 11.1 Å². The van der Waals surface area contributed by atoms with Crippen LogP contribution in [0.4, 0.5) is 5.69 Å². The third-order valence-electron chi connectivity index (χ3n) is 3.46. The number of sulfonamides is 1. The summed E-state index contributed by atoms with van der Waals surface area (Å²) in [4.78, 5) is 0. The molecule has 146 valence electrons. The van der Waals surface area contributed by atoms with Crippen molar-refractivity contribution in [1.29, 1.82) is 0 Å². The van der Waals surface area contributed by atoms with Crippen molar-refractivity contribution in [3.8, 4) is 0 Å². The lowest BCUT2D eigenvalue weighted by molar-refractivity contribution is 0.473. The van der Waals surface area contributed by atoms with Crippen LogP contribution in [0.25, 0.3) is 6.08 Å². The maximum absolute atomic E-state index is 12.2. The number of hydrogen-bond acceptors (Lipinski definition) is 7. The fourth-order valence-corrected chi connectivity index (χ4v) is 4.19. The lowest BCUT2D eigenvalue weighted by Gasteiger charge is -2.05. The fraction of sp³-hybridized carbons (Fsp3) is 0.111. The van der Waals surface area contributed by atoms with Crippen LogP contribution >= 0.6 is 0 Å².